The largest absolute Gasteiger partial charge is 0.505 e. The van der Waals surface area contributed by atoms with Gasteiger partial charge in [-0.2, -0.15) is 0 Å². The van der Waals surface area contributed by atoms with E-state index in [2.05, 4.69) is 32.9 Å². The van der Waals surface area contributed by atoms with E-state index < -0.39 is 0 Å². The second-order valence-corrected chi connectivity index (χ2v) is 5.25. The van der Waals surface area contributed by atoms with Crippen LogP contribution in [0, 0.1) is 20.8 Å². The molecule has 1 aromatic carbocycles. The topological polar surface area (TPSA) is 0 Å². The van der Waals surface area contributed by atoms with Crippen molar-refractivity contribution in [2.24, 2.45) is 0 Å². The molecule has 0 radical (unpaired) electrons. The van der Waals surface area contributed by atoms with E-state index in [-0.39, 0.29) is 19.3 Å². The van der Waals surface area contributed by atoms with Crippen molar-refractivity contribution < 1.29 is 0 Å². The Morgan fingerprint density at radius 2 is 1.75 bits per heavy atom. The molecule has 0 spiro atoms. The molecule has 0 saturated heterocycles. The SMILES string of the molecule is Cc1ccc(C)c([CH2][Mg][Cl])c1C. The first-order valence-corrected chi connectivity index (χ1v) is 7.42. The molecule has 0 bridgehead atoms. The summed E-state index contributed by atoms with van der Waals surface area (Å²) in [4.78, 5) is 0. The quantitative estimate of drug-likeness (QED) is 0.633. The van der Waals surface area contributed by atoms with Crippen LogP contribution in [0.25, 0.3) is 0 Å². The highest BCUT2D eigenvalue weighted by atomic mass is 35.5. The van der Waals surface area contributed by atoms with Crippen molar-refractivity contribution in [3.8, 4) is 0 Å². The normalized spacial score (nSPS) is 9.67. The molecule has 0 N–H and O–H groups in total. The summed E-state index contributed by atoms with van der Waals surface area (Å²) in [5.74, 6) is 0. The van der Waals surface area contributed by atoms with E-state index >= 15 is 0 Å². The lowest BCUT2D eigenvalue weighted by Crippen LogP contribution is -1.98. The van der Waals surface area contributed by atoms with Gasteiger partial charge in [0.25, 0.3) is 0 Å². The molecule has 2 heteroatoms. The van der Waals surface area contributed by atoms with Gasteiger partial charge in [-0.25, -0.2) is 0 Å². The fourth-order valence-electron chi connectivity index (χ4n) is 1.49. The second-order valence-electron chi connectivity index (χ2n) is 3.24. The molecule has 0 unspecified atom stereocenters. The molecule has 0 nitrogen and oxygen atoms in total. The van der Waals surface area contributed by atoms with Crippen LogP contribution in [0.1, 0.15) is 22.3 Å². The molecule has 62 valence electrons. The Morgan fingerprint density at radius 3 is 2.33 bits per heavy atom. The van der Waals surface area contributed by atoms with Crippen LogP contribution < -0.4 is 0 Å². The molecular formula is C10H13ClMg. The smallest absolute Gasteiger partial charge is 0.345 e. The molecule has 0 aliphatic carbocycles. The summed E-state index contributed by atoms with van der Waals surface area (Å²) in [7, 11) is 5.87. The molecule has 0 aliphatic rings. The predicted molar refractivity (Wildman–Crippen MR) is 56.0 cm³/mol. The first-order valence-electron chi connectivity index (χ1n) is 4.28. The molecule has 0 aliphatic heterocycles. The van der Waals surface area contributed by atoms with Crippen LogP contribution in [0.4, 0.5) is 0 Å². The van der Waals surface area contributed by atoms with Gasteiger partial charge in [-0.15, -0.1) is 0 Å². The highest BCUT2D eigenvalue weighted by molar-refractivity contribution is 6.93. The second kappa shape index (κ2) is 4.49. The monoisotopic (exact) mass is 192 g/mol. The van der Waals surface area contributed by atoms with Crippen LogP contribution in [0.15, 0.2) is 12.1 Å². The van der Waals surface area contributed by atoms with E-state index in [9.17, 15) is 0 Å². The van der Waals surface area contributed by atoms with Crippen molar-refractivity contribution in [2.75, 3.05) is 0 Å². The lowest BCUT2D eigenvalue weighted by atomic mass is 10.00. The van der Waals surface area contributed by atoms with Gasteiger partial charge >= 0.3 is 19.3 Å². The van der Waals surface area contributed by atoms with E-state index in [1.165, 1.54) is 22.3 Å². The Labute approximate surface area is 87.8 Å². The highest BCUT2D eigenvalue weighted by Gasteiger charge is 2.04. The molecule has 0 aromatic heterocycles. The molecular weight excluding hydrogens is 180 g/mol. The molecule has 0 atom stereocenters. The summed E-state index contributed by atoms with van der Waals surface area (Å²) in [6.07, 6.45) is 0. The van der Waals surface area contributed by atoms with Gasteiger partial charge in [-0.05, 0) is 37.5 Å². The Balaban J connectivity index is 3.14. The maximum atomic E-state index is 5.87. The number of rotatable bonds is 2. The zero-order valence-corrected chi connectivity index (χ0v) is 10.1. The first kappa shape index (κ1) is 10.4. The summed E-state index contributed by atoms with van der Waals surface area (Å²) in [5.41, 5.74) is 5.70. The Morgan fingerprint density at radius 1 is 1.17 bits per heavy atom. The van der Waals surface area contributed by atoms with E-state index in [4.69, 9.17) is 9.07 Å². The van der Waals surface area contributed by atoms with Gasteiger partial charge in [-0.3, -0.25) is 0 Å². The molecule has 12 heavy (non-hydrogen) atoms. The van der Waals surface area contributed by atoms with Crippen molar-refractivity contribution in [2.45, 2.75) is 25.3 Å². The zero-order valence-electron chi connectivity index (χ0n) is 7.95. The molecule has 0 amide bonds. The van der Waals surface area contributed by atoms with Crippen molar-refractivity contribution in [3.63, 3.8) is 0 Å². The maximum absolute atomic E-state index is 5.87. The Bertz CT molecular complexity index is 281. The third-order valence-corrected chi connectivity index (χ3v) is 3.70. The van der Waals surface area contributed by atoms with Gasteiger partial charge in [0.2, 0.25) is 0 Å². The molecule has 1 aromatic rings. The van der Waals surface area contributed by atoms with Crippen molar-refractivity contribution in [1.29, 1.82) is 0 Å². The average molecular weight is 193 g/mol. The van der Waals surface area contributed by atoms with Gasteiger partial charge in [-0.1, -0.05) is 22.2 Å². The molecule has 0 fully saturated rings. The number of halogens is 1. The summed E-state index contributed by atoms with van der Waals surface area (Å²) >= 11 is -0.371. The summed E-state index contributed by atoms with van der Waals surface area (Å²) in [5, 5.41) is 0. The first-order chi connectivity index (χ1) is 5.66. The maximum Gasteiger partial charge on any atom is 0.505 e. The van der Waals surface area contributed by atoms with E-state index in [0.29, 0.717) is 0 Å². The zero-order chi connectivity index (χ0) is 9.14. The molecule has 1 rings (SSSR count). The van der Waals surface area contributed by atoms with E-state index in [1.807, 2.05) is 0 Å². The molecule has 0 saturated carbocycles. The number of benzene rings is 1. The number of hydrogen-bond acceptors (Lipinski definition) is 0. The van der Waals surface area contributed by atoms with Gasteiger partial charge in [0.15, 0.2) is 0 Å². The summed E-state index contributed by atoms with van der Waals surface area (Å²) in [6, 6.07) is 4.38. The van der Waals surface area contributed by atoms with Crippen LogP contribution in [0.5, 0.6) is 0 Å². The number of hydrogen-bond donors (Lipinski definition) is 0. The van der Waals surface area contributed by atoms with Crippen LogP contribution in [0.2, 0.25) is 0 Å². The molecule has 0 heterocycles. The predicted octanol–water partition coefficient (Wildman–Crippen LogP) is 2.97. The van der Waals surface area contributed by atoms with Crippen LogP contribution >= 0.6 is 9.07 Å². The fraction of sp³-hybridized carbons (Fsp3) is 0.400. The van der Waals surface area contributed by atoms with Crippen LogP contribution in [0.3, 0.4) is 0 Å². The van der Waals surface area contributed by atoms with Gasteiger partial charge < -0.3 is 9.07 Å². The van der Waals surface area contributed by atoms with Crippen LogP contribution in [-0.2, 0) is 4.55 Å². The van der Waals surface area contributed by atoms with Gasteiger partial charge in [0.1, 0.15) is 0 Å². The fourth-order valence-corrected chi connectivity index (χ4v) is 3.01. The minimum atomic E-state index is -0.371. The summed E-state index contributed by atoms with van der Waals surface area (Å²) < 4.78 is 1.13. The lowest BCUT2D eigenvalue weighted by molar-refractivity contribution is 1.19. The van der Waals surface area contributed by atoms with Gasteiger partial charge in [0.05, 0.1) is 0 Å². The van der Waals surface area contributed by atoms with Crippen molar-refractivity contribution in [1.82, 2.24) is 0 Å². The lowest BCUT2D eigenvalue weighted by Gasteiger charge is -2.10. The van der Waals surface area contributed by atoms with E-state index in [0.717, 1.165) is 4.55 Å². The minimum absolute atomic E-state index is 0.371. The average Bonchev–Trinajstić information content (AvgIpc) is 2.06. The Kier molecular flexibility index (Phi) is 3.88. The minimum Gasteiger partial charge on any atom is -0.345 e. The van der Waals surface area contributed by atoms with Crippen molar-refractivity contribution >= 4 is 28.3 Å². The van der Waals surface area contributed by atoms with Crippen LogP contribution in [-0.4, -0.2) is 19.3 Å². The third-order valence-electron chi connectivity index (χ3n) is 2.45. The summed E-state index contributed by atoms with van der Waals surface area (Å²) in [6.45, 7) is 6.52. The Hall–Kier alpha value is 0.276. The van der Waals surface area contributed by atoms with Gasteiger partial charge in [0, 0.05) is 0 Å². The number of aryl methyl sites for hydroxylation is 2. The van der Waals surface area contributed by atoms with Crippen molar-refractivity contribution in [3.05, 3.63) is 34.4 Å². The van der Waals surface area contributed by atoms with E-state index in [1.54, 1.807) is 0 Å². The standard InChI is InChI=1S/C10H13.ClH.Mg/c1-7-5-6-8(2)10(4)9(7)3;;/h5-6H,3H2,1-2,4H3;1H;/q;;+1/p-1. The third kappa shape index (κ3) is 2.15. The highest BCUT2D eigenvalue weighted by Crippen LogP contribution is 2.17.